The number of halogens is 4. The molecule has 0 radical (unpaired) electrons. The van der Waals surface area contributed by atoms with Gasteiger partial charge in [0.2, 0.25) is 0 Å². The molecular weight excluding hydrogens is 188 g/mol. The van der Waals surface area contributed by atoms with Gasteiger partial charge in [-0.2, -0.15) is 17.6 Å². The molecule has 0 aromatic carbocycles. The summed E-state index contributed by atoms with van der Waals surface area (Å²) in [5.74, 6) is -19.6. The van der Waals surface area contributed by atoms with Crippen LogP contribution in [0.3, 0.4) is 0 Å². The number of rotatable bonds is 0. The Balaban J connectivity index is 3.16. The maximum absolute atomic E-state index is 12.0. The molecule has 72 valence electrons. The summed E-state index contributed by atoms with van der Waals surface area (Å²) in [6.45, 7) is 0. The van der Waals surface area contributed by atoms with E-state index >= 15 is 0 Å². The molecule has 0 heterocycles. The van der Waals surface area contributed by atoms with Crippen LogP contribution in [0.25, 0.3) is 0 Å². The monoisotopic (exact) mass is 192 g/mol. The summed E-state index contributed by atoms with van der Waals surface area (Å²) in [6.07, 6.45) is 0. The first-order valence-corrected chi connectivity index (χ1v) is 2.65. The molecule has 12 heavy (non-hydrogen) atoms. The fourth-order valence-corrected chi connectivity index (χ4v) is 0.813. The number of hydrogen-bond donors (Lipinski definition) is 4. The first-order chi connectivity index (χ1) is 5.00. The summed E-state index contributed by atoms with van der Waals surface area (Å²) in [7, 11) is 0. The van der Waals surface area contributed by atoms with Gasteiger partial charge >= 0.3 is 11.8 Å². The van der Waals surface area contributed by atoms with E-state index in [1.165, 1.54) is 0 Å². The molecule has 0 spiro atoms. The fourth-order valence-electron chi connectivity index (χ4n) is 0.813. The van der Waals surface area contributed by atoms with Crippen molar-refractivity contribution in [2.75, 3.05) is 0 Å². The molecule has 1 rings (SSSR count). The fraction of sp³-hybridized carbons (Fsp3) is 1.00. The molecule has 1 aliphatic carbocycles. The van der Waals surface area contributed by atoms with Crippen molar-refractivity contribution in [3.8, 4) is 0 Å². The van der Waals surface area contributed by atoms with Gasteiger partial charge in [0, 0.05) is 0 Å². The van der Waals surface area contributed by atoms with Gasteiger partial charge in [-0.1, -0.05) is 0 Å². The van der Waals surface area contributed by atoms with E-state index in [4.69, 9.17) is 20.4 Å². The zero-order chi connectivity index (χ0) is 10.0. The van der Waals surface area contributed by atoms with Crippen LogP contribution in [0.4, 0.5) is 17.6 Å². The van der Waals surface area contributed by atoms with Crippen molar-refractivity contribution in [1.82, 2.24) is 0 Å². The summed E-state index contributed by atoms with van der Waals surface area (Å²) in [5.41, 5.74) is 0. The first-order valence-electron chi connectivity index (χ1n) is 2.65. The van der Waals surface area contributed by atoms with Crippen LogP contribution in [-0.2, 0) is 0 Å². The minimum atomic E-state index is -5.27. The maximum atomic E-state index is 12.0. The van der Waals surface area contributed by atoms with Crippen molar-refractivity contribution in [3.05, 3.63) is 0 Å². The molecule has 8 heteroatoms. The standard InChI is InChI=1S/C4H4F4O4/c5-1(6)2(7,8)4(11,12)3(1,9)10/h9-12H. The number of alkyl halides is 4. The molecule has 0 saturated heterocycles. The molecule has 0 bridgehead atoms. The Hall–Kier alpha value is -0.440. The first kappa shape index (κ1) is 9.65. The predicted octanol–water partition coefficient (Wildman–Crippen LogP) is -1.37. The Morgan fingerprint density at radius 3 is 0.833 bits per heavy atom. The molecule has 4 N–H and O–H groups in total. The molecule has 0 aliphatic heterocycles. The molecule has 1 fully saturated rings. The molecule has 0 unspecified atom stereocenters. The van der Waals surface area contributed by atoms with E-state index in [2.05, 4.69) is 0 Å². The lowest BCUT2D eigenvalue weighted by Crippen LogP contribution is -2.89. The van der Waals surface area contributed by atoms with Gasteiger partial charge in [-0.3, -0.25) is 0 Å². The van der Waals surface area contributed by atoms with Crippen molar-refractivity contribution in [2.45, 2.75) is 23.4 Å². The highest BCUT2D eigenvalue weighted by atomic mass is 19.3. The van der Waals surface area contributed by atoms with Gasteiger partial charge in [0.25, 0.3) is 11.6 Å². The van der Waals surface area contributed by atoms with Gasteiger partial charge in [-0.25, -0.2) is 0 Å². The Kier molecular flexibility index (Phi) is 1.40. The van der Waals surface area contributed by atoms with Crippen molar-refractivity contribution >= 4 is 0 Å². The molecule has 4 nitrogen and oxygen atoms in total. The van der Waals surface area contributed by atoms with E-state index < -0.39 is 23.4 Å². The molecule has 1 aliphatic rings. The molecule has 0 amide bonds. The second-order valence-electron chi connectivity index (χ2n) is 2.49. The van der Waals surface area contributed by atoms with Crippen LogP contribution in [0.1, 0.15) is 0 Å². The van der Waals surface area contributed by atoms with E-state index in [9.17, 15) is 17.6 Å². The Labute approximate surface area is 62.7 Å². The van der Waals surface area contributed by atoms with Gasteiger partial charge < -0.3 is 20.4 Å². The highest BCUT2D eigenvalue weighted by molar-refractivity contribution is 5.21. The summed E-state index contributed by atoms with van der Waals surface area (Å²) in [5, 5.41) is 32.5. The van der Waals surface area contributed by atoms with Gasteiger partial charge in [-0.05, 0) is 0 Å². The quantitative estimate of drug-likeness (QED) is 0.282. The van der Waals surface area contributed by atoms with E-state index in [1.807, 2.05) is 0 Å². The molecule has 0 aromatic rings. The Morgan fingerprint density at radius 2 is 0.750 bits per heavy atom. The highest BCUT2D eigenvalue weighted by Crippen LogP contribution is 2.61. The lowest BCUT2D eigenvalue weighted by Gasteiger charge is -2.55. The van der Waals surface area contributed by atoms with E-state index in [0.717, 1.165) is 0 Å². The van der Waals surface area contributed by atoms with Gasteiger partial charge in [0.15, 0.2) is 0 Å². The minimum Gasteiger partial charge on any atom is -0.356 e. The van der Waals surface area contributed by atoms with Crippen LogP contribution in [0, 0.1) is 0 Å². The second kappa shape index (κ2) is 1.74. The minimum absolute atomic E-state index is 4.52. The van der Waals surface area contributed by atoms with Crippen LogP contribution < -0.4 is 0 Å². The third kappa shape index (κ3) is 0.554. The zero-order valence-electron chi connectivity index (χ0n) is 5.30. The molecule has 1 saturated carbocycles. The zero-order valence-corrected chi connectivity index (χ0v) is 5.30. The van der Waals surface area contributed by atoms with Crippen molar-refractivity contribution in [2.24, 2.45) is 0 Å². The SMILES string of the molecule is OC1(O)C(O)(O)C(F)(F)C1(F)F. The lowest BCUT2D eigenvalue weighted by molar-refractivity contribution is -0.579. The normalized spacial score (nSPS) is 34.0. The Morgan fingerprint density at radius 1 is 0.583 bits per heavy atom. The summed E-state index contributed by atoms with van der Waals surface area (Å²) < 4.78 is 48.1. The van der Waals surface area contributed by atoms with Crippen LogP contribution in [-0.4, -0.2) is 43.8 Å². The molecule has 0 aromatic heterocycles. The summed E-state index contributed by atoms with van der Waals surface area (Å²) in [4.78, 5) is 0. The summed E-state index contributed by atoms with van der Waals surface area (Å²) in [6, 6.07) is 0. The van der Waals surface area contributed by atoms with E-state index in [1.54, 1.807) is 0 Å². The van der Waals surface area contributed by atoms with Crippen LogP contribution >= 0.6 is 0 Å². The van der Waals surface area contributed by atoms with E-state index in [-0.39, 0.29) is 0 Å². The molecule has 0 atom stereocenters. The van der Waals surface area contributed by atoms with Crippen LogP contribution in [0.15, 0.2) is 0 Å². The average molecular weight is 192 g/mol. The number of aliphatic hydroxyl groups is 4. The third-order valence-electron chi connectivity index (χ3n) is 1.76. The van der Waals surface area contributed by atoms with Gasteiger partial charge in [-0.15, -0.1) is 0 Å². The van der Waals surface area contributed by atoms with Crippen molar-refractivity contribution in [1.29, 1.82) is 0 Å². The van der Waals surface area contributed by atoms with Crippen LogP contribution in [0.5, 0.6) is 0 Å². The topological polar surface area (TPSA) is 80.9 Å². The van der Waals surface area contributed by atoms with Gasteiger partial charge in [0.05, 0.1) is 0 Å². The average Bonchev–Trinajstić information content (AvgIpc) is 1.84. The number of hydrogen-bond acceptors (Lipinski definition) is 4. The Bertz CT molecular complexity index is 159. The van der Waals surface area contributed by atoms with Crippen molar-refractivity contribution in [3.63, 3.8) is 0 Å². The largest absolute Gasteiger partial charge is 0.373 e. The maximum Gasteiger partial charge on any atom is 0.373 e. The van der Waals surface area contributed by atoms with Gasteiger partial charge in [0.1, 0.15) is 0 Å². The van der Waals surface area contributed by atoms with Crippen molar-refractivity contribution < 1.29 is 38.0 Å². The summed E-state index contributed by atoms with van der Waals surface area (Å²) >= 11 is 0. The lowest BCUT2D eigenvalue weighted by atomic mass is 9.74. The molecular formula is C4H4F4O4. The second-order valence-corrected chi connectivity index (χ2v) is 2.49. The predicted molar refractivity (Wildman–Crippen MR) is 24.2 cm³/mol. The van der Waals surface area contributed by atoms with Crippen LogP contribution in [0.2, 0.25) is 0 Å². The van der Waals surface area contributed by atoms with E-state index in [0.29, 0.717) is 0 Å². The highest BCUT2D eigenvalue weighted by Gasteiger charge is 2.96. The third-order valence-corrected chi connectivity index (χ3v) is 1.76. The smallest absolute Gasteiger partial charge is 0.356 e.